The van der Waals surface area contributed by atoms with Gasteiger partial charge >= 0.3 is 0 Å². The van der Waals surface area contributed by atoms with Gasteiger partial charge in [0.05, 0.1) is 16.6 Å². The number of methoxy groups -OCH3 is 1. The van der Waals surface area contributed by atoms with Crippen LogP contribution in [0.2, 0.25) is 0 Å². The minimum Gasteiger partial charge on any atom is -0.398 e. The molecule has 2 aliphatic rings. The van der Waals surface area contributed by atoms with Crippen LogP contribution in [0.15, 0.2) is 22.8 Å². The van der Waals surface area contributed by atoms with E-state index >= 15 is 0 Å². The van der Waals surface area contributed by atoms with E-state index in [-0.39, 0.29) is 22.3 Å². The molecule has 2 rings (SSSR count). The highest BCUT2D eigenvalue weighted by atomic mass is 32.2. The number of ether oxygens (including phenoxy) is 1. The van der Waals surface area contributed by atoms with Crippen LogP contribution >= 0.6 is 0 Å². The Morgan fingerprint density at radius 2 is 2.08 bits per heavy atom. The minimum absolute atomic E-state index is 0.0210. The fourth-order valence-corrected chi connectivity index (χ4v) is 4.46. The zero-order valence-corrected chi connectivity index (χ0v) is 15.4. The highest BCUT2D eigenvalue weighted by Crippen LogP contribution is 2.36. The van der Waals surface area contributed by atoms with E-state index in [0.29, 0.717) is 6.54 Å². The van der Waals surface area contributed by atoms with Gasteiger partial charge in [-0.25, -0.2) is 8.42 Å². The van der Waals surface area contributed by atoms with E-state index in [0.717, 1.165) is 25.9 Å². The van der Waals surface area contributed by atoms with Crippen molar-refractivity contribution >= 4 is 15.7 Å². The van der Waals surface area contributed by atoms with E-state index < -0.39 is 21.4 Å². The Balaban J connectivity index is 2.48. The van der Waals surface area contributed by atoms with Crippen molar-refractivity contribution in [2.45, 2.75) is 25.4 Å². The van der Waals surface area contributed by atoms with E-state index in [2.05, 4.69) is 10.2 Å². The Bertz CT molecular complexity index is 650. The number of likely N-dealkylation sites (tertiary alicyclic amines) is 1. The molecule has 1 heterocycles. The molecule has 1 fully saturated rings. The van der Waals surface area contributed by atoms with Crippen LogP contribution in [-0.2, 0) is 19.4 Å². The Kier molecular flexibility index (Phi) is 5.72. The van der Waals surface area contributed by atoms with Crippen molar-refractivity contribution in [3.05, 3.63) is 22.8 Å². The molecule has 2 unspecified atom stereocenters. The van der Waals surface area contributed by atoms with Gasteiger partial charge in [-0.05, 0) is 38.1 Å². The molecule has 0 saturated carbocycles. The number of nitrogens with one attached hydrogen (secondary N) is 1. The summed E-state index contributed by atoms with van der Waals surface area (Å²) < 4.78 is 30.3. The molecule has 3 N–H and O–H groups in total. The lowest BCUT2D eigenvalue weighted by atomic mass is 9.81. The van der Waals surface area contributed by atoms with E-state index in [4.69, 9.17) is 10.5 Å². The van der Waals surface area contributed by atoms with Crippen molar-refractivity contribution in [2.24, 2.45) is 11.7 Å². The lowest BCUT2D eigenvalue weighted by Gasteiger charge is -2.40. The van der Waals surface area contributed by atoms with Crippen molar-refractivity contribution in [2.75, 3.05) is 39.5 Å². The van der Waals surface area contributed by atoms with Gasteiger partial charge in [0.1, 0.15) is 5.60 Å². The molecule has 1 amide bonds. The number of carbonyl (C=O) groups excluding carboxylic acids is 1. The molecule has 24 heavy (non-hydrogen) atoms. The molecular formula is C16H27N3O4S. The summed E-state index contributed by atoms with van der Waals surface area (Å²) >= 11 is 0. The van der Waals surface area contributed by atoms with E-state index in [1.165, 1.54) is 20.2 Å². The fourth-order valence-electron chi connectivity index (χ4n) is 3.39. The van der Waals surface area contributed by atoms with Gasteiger partial charge in [-0.3, -0.25) is 4.79 Å². The predicted molar refractivity (Wildman–Crippen MR) is 92.8 cm³/mol. The third-order valence-corrected chi connectivity index (χ3v) is 6.62. The average molecular weight is 357 g/mol. The molecule has 0 aromatic carbocycles. The maximum Gasteiger partial charge on any atom is 0.230 e. The van der Waals surface area contributed by atoms with Crippen LogP contribution < -0.4 is 11.1 Å². The van der Waals surface area contributed by atoms with E-state index in [1.807, 2.05) is 0 Å². The molecule has 136 valence electrons. The molecule has 0 aromatic rings. The standard InChI is InChI=1S/C16H27N3O4S/c1-4-24(21,22)14-9-12(15(20)18-2)16(23-3,10-13(14)17)11-19-7-5-6-8-19/h9-10,12H,4-8,11,17H2,1-3H3,(H,18,20). The SMILES string of the molecule is CCS(=O)(=O)C1=CC(C(=O)NC)C(CN2CCCC2)(OC)C=C1N. The molecule has 0 aromatic heterocycles. The number of hydrogen-bond donors (Lipinski definition) is 2. The largest absolute Gasteiger partial charge is 0.398 e. The first-order chi connectivity index (χ1) is 11.3. The number of amides is 1. The zero-order valence-electron chi connectivity index (χ0n) is 14.5. The second-order valence-electron chi connectivity index (χ2n) is 6.27. The fraction of sp³-hybridized carbons (Fsp3) is 0.688. The van der Waals surface area contributed by atoms with Crippen LogP contribution in [-0.4, -0.2) is 64.4 Å². The predicted octanol–water partition coefficient (Wildman–Crippen LogP) is 0.00440. The van der Waals surface area contributed by atoms with E-state index in [1.54, 1.807) is 13.0 Å². The number of hydrogen-bond acceptors (Lipinski definition) is 6. The maximum absolute atomic E-state index is 12.5. The summed E-state index contributed by atoms with van der Waals surface area (Å²) in [5.74, 6) is -1.11. The number of sulfone groups is 1. The van der Waals surface area contributed by atoms with E-state index in [9.17, 15) is 13.2 Å². The zero-order chi connectivity index (χ0) is 18.0. The minimum atomic E-state index is -3.51. The summed E-state index contributed by atoms with van der Waals surface area (Å²) in [5.41, 5.74) is 5.23. The molecule has 2 atom stereocenters. The van der Waals surface area contributed by atoms with Crippen molar-refractivity contribution in [3.63, 3.8) is 0 Å². The van der Waals surface area contributed by atoms with Gasteiger partial charge < -0.3 is 20.7 Å². The maximum atomic E-state index is 12.5. The van der Waals surface area contributed by atoms with Crippen LogP contribution in [0.5, 0.6) is 0 Å². The third-order valence-electron chi connectivity index (χ3n) is 4.82. The van der Waals surface area contributed by atoms with Gasteiger partial charge in [-0.15, -0.1) is 0 Å². The molecule has 1 aliphatic heterocycles. The van der Waals surface area contributed by atoms with Crippen molar-refractivity contribution in [1.29, 1.82) is 0 Å². The molecule has 0 radical (unpaired) electrons. The Labute approximate surface area is 143 Å². The first-order valence-corrected chi connectivity index (χ1v) is 9.87. The van der Waals surface area contributed by atoms with Crippen LogP contribution in [0.25, 0.3) is 0 Å². The highest BCUT2D eigenvalue weighted by Gasteiger charge is 2.46. The van der Waals surface area contributed by atoms with Crippen LogP contribution in [0.4, 0.5) is 0 Å². The Morgan fingerprint density at radius 3 is 2.58 bits per heavy atom. The summed E-state index contributed by atoms with van der Waals surface area (Å²) in [4.78, 5) is 14.7. The summed E-state index contributed by atoms with van der Waals surface area (Å²) in [6.07, 6.45) is 5.27. The first kappa shape index (κ1) is 19.0. The molecule has 8 heteroatoms. The molecule has 1 aliphatic carbocycles. The second-order valence-corrected chi connectivity index (χ2v) is 8.51. The van der Waals surface area contributed by atoms with Gasteiger partial charge in [0.15, 0.2) is 9.84 Å². The lowest BCUT2D eigenvalue weighted by molar-refractivity contribution is -0.131. The average Bonchev–Trinajstić information content (AvgIpc) is 3.06. The number of rotatable bonds is 6. The van der Waals surface area contributed by atoms with Gasteiger partial charge in [-0.1, -0.05) is 6.92 Å². The second kappa shape index (κ2) is 7.25. The monoisotopic (exact) mass is 357 g/mol. The molecule has 7 nitrogen and oxygen atoms in total. The van der Waals surface area contributed by atoms with Crippen molar-refractivity contribution in [3.8, 4) is 0 Å². The normalized spacial score (nSPS) is 28.4. The third kappa shape index (κ3) is 3.50. The Morgan fingerprint density at radius 1 is 1.46 bits per heavy atom. The van der Waals surface area contributed by atoms with Crippen LogP contribution in [0, 0.1) is 5.92 Å². The summed E-state index contributed by atoms with van der Waals surface area (Å²) in [6.45, 7) is 3.92. The smallest absolute Gasteiger partial charge is 0.230 e. The van der Waals surface area contributed by atoms with Gasteiger partial charge in [-0.2, -0.15) is 0 Å². The summed E-state index contributed by atoms with van der Waals surface area (Å²) in [5, 5.41) is 2.61. The first-order valence-electron chi connectivity index (χ1n) is 8.22. The van der Waals surface area contributed by atoms with Crippen molar-refractivity contribution in [1.82, 2.24) is 10.2 Å². The topological polar surface area (TPSA) is 102 Å². The van der Waals surface area contributed by atoms with Gasteiger partial charge in [0.25, 0.3) is 0 Å². The Hall–Kier alpha value is -1.38. The molecule has 0 spiro atoms. The molecular weight excluding hydrogens is 330 g/mol. The number of nitrogens with zero attached hydrogens (tertiary/aromatic N) is 1. The van der Waals surface area contributed by atoms with Crippen LogP contribution in [0.3, 0.4) is 0 Å². The molecule has 1 saturated heterocycles. The lowest BCUT2D eigenvalue weighted by Crippen LogP contribution is -2.54. The number of nitrogens with two attached hydrogens (primary N) is 1. The van der Waals surface area contributed by atoms with Crippen LogP contribution in [0.1, 0.15) is 19.8 Å². The van der Waals surface area contributed by atoms with Gasteiger partial charge in [0, 0.05) is 26.4 Å². The van der Waals surface area contributed by atoms with Crippen molar-refractivity contribution < 1.29 is 17.9 Å². The summed E-state index contributed by atoms with van der Waals surface area (Å²) in [6, 6.07) is 0. The van der Waals surface area contributed by atoms with Gasteiger partial charge in [0.2, 0.25) is 5.91 Å². The quantitative estimate of drug-likeness (QED) is 0.694. The molecule has 0 bridgehead atoms. The number of carbonyl (C=O) groups is 1. The highest BCUT2D eigenvalue weighted by molar-refractivity contribution is 7.95. The summed E-state index contributed by atoms with van der Waals surface area (Å²) in [7, 11) is -0.452.